The number of benzene rings is 1. The maximum Gasteiger partial charge on any atom is 0.323 e. The minimum atomic E-state index is -1.52. The number of hydrogen-bond donors (Lipinski definition) is 0. The Balaban J connectivity index is 2.51. The van der Waals surface area contributed by atoms with Crippen LogP contribution in [-0.4, -0.2) is 26.2 Å². The van der Waals surface area contributed by atoms with Crippen LogP contribution in [0, 0.1) is 11.2 Å². The summed E-state index contributed by atoms with van der Waals surface area (Å²) in [6.07, 6.45) is -0.0517. The third-order valence-electron chi connectivity index (χ3n) is 3.38. The largest absolute Gasteiger partial charge is 0.468 e. The normalized spacial score (nSPS) is 15.8. The molecule has 0 bridgehead atoms. The van der Waals surface area contributed by atoms with Crippen LogP contribution < -0.4 is 0 Å². The van der Waals surface area contributed by atoms with Crippen LogP contribution in [0.3, 0.4) is 0 Å². The molecule has 6 heteroatoms. The quantitative estimate of drug-likeness (QED) is 0.615. The zero-order valence-electron chi connectivity index (χ0n) is 10.5. The Morgan fingerprint density at radius 2 is 1.79 bits per heavy atom. The first-order valence-electron chi connectivity index (χ1n) is 5.58. The number of carbonyl (C=O) groups excluding carboxylic acids is 2. The number of rotatable bonds is 2. The van der Waals surface area contributed by atoms with Gasteiger partial charge in [0.25, 0.3) is 0 Å². The number of methoxy groups -OCH3 is 2. The van der Waals surface area contributed by atoms with Crippen LogP contribution in [0.5, 0.6) is 0 Å². The van der Waals surface area contributed by atoms with Crippen molar-refractivity contribution in [2.75, 3.05) is 14.2 Å². The summed E-state index contributed by atoms with van der Waals surface area (Å²) in [5, 5.41) is 0.224. The van der Waals surface area contributed by atoms with E-state index >= 15 is 0 Å². The smallest absolute Gasteiger partial charge is 0.323 e. The van der Waals surface area contributed by atoms with Gasteiger partial charge >= 0.3 is 11.9 Å². The van der Waals surface area contributed by atoms with Crippen molar-refractivity contribution in [3.63, 3.8) is 0 Å². The zero-order chi connectivity index (χ0) is 14.2. The molecule has 102 valence electrons. The highest BCUT2D eigenvalue weighted by Crippen LogP contribution is 2.41. The number of carbonyl (C=O) groups is 2. The van der Waals surface area contributed by atoms with Gasteiger partial charge in [-0.25, -0.2) is 4.39 Å². The lowest BCUT2D eigenvalue weighted by molar-refractivity contribution is -0.168. The summed E-state index contributed by atoms with van der Waals surface area (Å²) in [6.45, 7) is 0. The Morgan fingerprint density at radius 3 is 2.32 bits per heavy atom. The van der Waals surface area contributed by atoms with Crippen LogP contribution in [0.1, 0.15) is 11.1 Å². The van der Waals surface area contributed by atoms with Gasteiger partial charge in [-0.05, 0) is 29.7 Å². The summed E-state index contributed by atoms with van der Waals surface area (Å²) < 4.78 is 23.2. The van der Waals surface area contributed by atoms with Crippen molar-refractivity contribution < 1.29 is 23.5 Å². The fourth-order valence-electron chi connectivity index (χ4n) is 2.46. The molecule has 0 heterocycles. The van der Waals surface area contributed by atoms with Crippen molar-refractivity contribution in [3.05, 3.63) is 34.1 Å². The molecule has 0 atom stereocenters. The highest BCUT2D eigenvalue weighted by Gasteiger charge is 2.53. The van der Waals surface area contributed by atoms with E-state index in [0.717, 1.165) is 6.07 Å². The first-order valence-corrected chi connectivity index (χ1v) is 5.96. The predicted molar refractivity (Wildman–Crippen MR) is 65.3 cm³/mol. The van der Waals surface area contributed by atoms with E-state index in [-0.39, 0.29) is 17.9 Å². The van der Waals surface area contributed by atoms with Crippen LogP contribution in [0.2, 0.25) is 5.02 Å². The van der Waals surface area contributed by atoms with E-state index in [1.54, 1.807) is 6.07 Å². The number of esters is 2. The van der Waals surface area contributed by atoms with Gasteiger partial charge in [-0.1, -0.05) is 11.6 Å². The van der Waals surface area contributed by atoms with Gasteiger partial charge < -0.3 is 9.47 Å². The van der Waals surface area contributed by atoms with Gasteiger partial charge in [0.15, 0.2) is 5.41 Å². The van der Waals surface area contributed by atoms with Gasteiger partial charge in [0.2, 0.25) is 0 Å². The third-order valence-corrected chi connectivity index (χ3v) is 3.59. The molecule has 0 fully saturated rings. The van der Waals surface area contributed by atoms with E-state index in [4.69, 9.17) is 11.6 Å². The second-order valence-electron chi connectivity index (χ2n) is 4.44. The second kappa shape index (κ2) is 4.81. The van der Waals surface area contributed by atoms with E-state index in [1.165, 1.54) is 14.2 Å². The zero-order valence-corrected chi connectivity index (χ0v) is 11.2. The Bertz CT molecular complexity index is 540. The number of hydrogen-bond acceptors (Lipinski definition) is 4. The number of ether oxygens (including phenoxy) is 2. The Kier molecular flexibility index (Phi) is 3.49. The highest BCUT2D eigenvalue weighted by molar-refractivity contribution is 6.30. The minimum absolute atomic E-state index is 0.0269. The molecule has 2 rings (SSSR count). The monoisotopic (exact) mass is 286 g/mol. The van der Waals surface area contributed by atoms with Crippen molar-refractivity contribution in [1.29, 1.82) is 0 Å². The average Bonchev–Trinajstić information content (AvgIpc) is 2.77. The summed E-state index contributed by atoms with van der Waals surface area (Å²) in [6, 6.07) is 2.71. The standard InChI is InChI=1S/C13H12ClFO4/c1-18-11(16)13(12(17)19-2)5-7-3-8(14)4-10(15)9(7)6-13/h3-4H,5-6H2,1-2H3. The van der Waals surface area contributed by atoms with E-state index in [1.807, 2.05) is 0 Å². The number of fused-ring (bicyclic) bond motifs is 1. The fraction of sp³-hybridized carbons (Fsp3) is 0.385. The molecule has 0 amide bonds. The molecule has 19 heavy (non-hydrogen) atoms. The van der Waals surface area contributed by atoms with Crippen molar-refractivity contribution in [3.8, 4) is 0 Å². The van der Waals surface area contributed by atoms with Crippen LogP contribution in [0.4, 0.5) is 4.39 Å². The Labute approximate surface area is 114 Å². The molecular weight excluding hydrogens is 275 g/mol. The van der Waals surface area contributed by atoms with E-state index in [9.17, 15) is 14.0 Å². The molecular formula is C13H12ClFO4. The van der Waals surface area contributed by atoms with Crippen molar-refractivity contribution in [2.24, 2.45) is 5.41 Å². The van der Waals surface area contributed by atoms with Gasteiger partial charge in [0.1, 0.15) is 5.82 Å². The summed E-state index contributed by atoms with van der Waals surface area (Å²) >= 11 is 5.78. The molecule has 0 N–H and O–H groups in total. The minimum Gasteiger partial charge on any atom is -0.468 e. The van der Waals surface area contributed by atoms with Crippen LogP contribution in [0.15, 0.2) is 12.1 Å². The van der Waals surface area contributed by atoms with E-state index in [2.05, 4.69) is 9.47 Å². The van der Waals surface area contributed by atoms with Crippen molar-refractivity contribution in [2.45, 2.75) is 12.8 Å². The molecule has 0 saturated carbocycles. The molecule has 4 nitrogen and oxygen atoms in total. The maximum absolute atomic E-state index is 13.8. The van der Waals surface area contributed by atoms with Gasteiger partial charge in [0.05, 0.1) is 14.2 Å². The Morgan fingerprint density at radius 1 is 1.21 bits per heavy atom. The molecule has 0 saturated heterocycles. The highest BCUT2D eigenvalue weighted by atomic mass is 35.5. The third kappa shape index (κ3) is 2.08. The molecule has 0 unspecified atom stereocenters. The van der Waals surface area contributed by atoms with Gasteiger partial charge in [0, 0.05) is 11.4 Å². The van der Waals surface area contributed by atoms with Crippen LogP contribution in [-0.2, 0) is 31.9 Å². The van der Waals surface area contributed by atoms with Gasteiger partial charge in [-0.15, -0.1) is 0 Å². The van der Waals surface area contributed by atoms with Crippen molar-refractivity contribution >= 4 is 23.5 Å². The van der Waals surface area contributed by atoms with Crippen molar-refractivity contribution in [1.82, 2.24) is 0 Å². The van der Waals surface area contributed by atoms with Gasteiger partial charge in [-0.3, -0.25) is 9.59 Å². The molecule has 1 aromatic rings. The van der Waals surface area contributed by atoms with Crippen LogP contribution >= 0.6 is 11.6 Å². The summed E-state index contributed by atoms with van der Waals surface area (Å²) in [7, 11) is 2.36. The first-order chi connectivity index (χ1) is 8.94. The van der Waals surface area contributed by atoms with E-state index < -0.39 is 23.2 Å². The molecule has 0 spiro atoms. The molecule has 1 aromatic carbocycles. The SMILES string of the molecule is COC(=O)C1(C(=O)OC)Cc2cc(Cl)cc(F)c2C1. The lowest BCUT2D eigenvalue weighted by Gasteiger charge is -2.22. The predicted octanol–water partition coefficient (Wildman–Crippen LogP) is 1.91. The summed E-state index contributed by atoms with van der Waals surface area (Å²) in [4.78, 5) is 23.8. The molecule has 0 radical (unpaired) electrons. The lowest BCUT2D eigenvalue weighted by atomic mass is 9.85. The molecule has 1 aliphatic rings. The second-order valence-corrected chi connectivity index (χ2v) is 4.88. The topological polar surface area (TPSA) is 52.6 Å². The molecule has 0 aliphatic heterocycles. The summed E-state index contributed by atoms with van der Waals surface area (Å²) in [5.74, 6) is -1.99. The first kappa shape index (κ1) is 13.8. The number of halogens is 2. The fourth-order valence-corrected chi connectivity index (χ4v) is 2.69. The van der Waals surface area contributed by atoms with Gasteiger partial charge in [-0.2, -0.15) is 0 Å². The lowest BCUT2D eigenvalue weighted by Crippen LogP contribution is -2.42. The maximum atomic E-state index is 13.8. The van der Waals surface area contributed by atoms with E-state index in [0.29, 0.717) is 11.1 Å². The molecule has 1 aliphatic carbocycles. The summed E-state index contributed by atoms with van der Waals surface area (Å²) in [5.41, 5.74) is -0.682. The van der Waals surface area contributed by atoms with Crippen LogP contribution in [0.25, 0.3) is 0 Å². The Hall–Kier alpha value is -1.62. The molecule has 0 aromatic heterocycles. The average molecular weight is 287 g/mol.